The predicted octanol–water partition coefficient (Wildman–Crippen LogP) is 0.0619. The molecule has 2 aromatic heterocycles. The Morgan fingerprint density at radius 3 is 2.81 bits per heavy atom. The van der Waals surface area contributed by atoms with Crippen molar-refractivity contribution in [3.8, 4) is 22.6 Å². The van der Waals surface area contributed by atoms with Crippen molar-refractivity contribution in [1.29, 1.82) is 0 Å². The quantitative estimate of drug-likeness (QED) is 0.371. The molecule has 1 aromatic carbocycles. The molecule has 1 saturated heterocycles. The van der Waals surface area contributed by atoms with Gasteiger partial charge in [-0.05, 0) is 29.5 Å². The second kappa shape index (κ2) is 8.68. The molecule has 4 rings (SSSR count). The minimum atomic E-state index is -4.56. The number of nitrogens with zero attached hydrogens (tertiary/aromatic N) is 6. The fourth-order valence-corrected chi connectivity index (χ4v) is 3.43. The van der Waals surface area contributed by atoms with Gasteiger partial charge in [0.05, 0.1) is 25.9 Å². The van der Waals surface area contributed by atoms with E-state index in [0.29, 0.717) is 17.1 Å². The molecule has 3 aromatic rings. The molecule has 2 unspecified atom stereocenters. The Morgan fingerprint density at radius 2 is 2.19 bits per heavy atom. The monoisotopic (exact) mass is 465 g/mol. The average Bonchev–Trinajstić information content (AvgIpc) is 3.38. The summed E-state index contributed by atoms with van der Waals surface area (Å²) in [5.74, 6) is 2.53. The molecule has 13 nitrogen and oxygen atoms in total. The summed E-state index contributed by atoms with van der Waals surface area (Å²) in [5, 5.41) is 11.7. The van der Waals surface area contributed by atoms with E-state index in [1.54, 1.807) is 25.2 Å². The standard InChI is InChI=1S/C17H17FN7O6P/c1-24-22-16(21-23-24)15-5-2-10(7-20-15)13-4-3-11(6-14(13)18)25-8-12(30-17(25)26)9-29-32(27,28)31-19/h2-7,12H,8-9H2,1,19H3. The number of halogens is 1. The number of carbonyl (C=O) groups excluding carboxylic acids is 1. The van der Waals surface area contributed by atoms with Crippen molar-refractivity contribution < 1.29 is 38.4 Å². The van der Waals surface area contributed by atoms with Gasteiger partial charge >= 0.3 is 13.9 Å². The molecule has 3 heterocycles. The molecule has 1 amide bonds. The third kappa shape index (κ3) is 4.64. The number of cyclic esters (lactones) is 1. The summed E-state index contributed by atoms with van der Waals surface area (Å²) in [6.45, 7) is -0.478. The lowest BCUT2D eigenvalue weighted by Crippen LogP contribution is -2.49. The van der Waals surface area contributed by atoms with E-state index >= 15 is 0 Å². The van der Waals surface area contributed by atoms with Gasteiger partial charge in [-0.1, -0.05) is 6.07 Å². The van der Waals surface area contributed by atoms with Crippen LogP contribution < -0.4 is 15.7 Å². The van der Waals surface area contributed by atoms with E-state index in [1.807, 2.05) is 0 Å². The van der Waals surface area contributed by atoms with Gasteiger partial charge in [-0.15, -0.1) is 14.8 Å². The number of hydrogen-bond acceptors (Lipinski definition) is 10. The lowest BCUT2D eigenvalue weighted by Gasteiger charge is -2.18. The topological polar surface area (TPSA) is 172 Å². The Kier molecular flexibility index (Phi) is 5.95. The van der Waals surface area contributed by atoms with Crippen LogP contribution in [0, 0.1) is 5.82 Å². The number of aromatic nitrogens is 5. The summed E-state index contributed by atoms with van der Waals surface area (Å²) >= 11 is 0. The molecule has 0 radical (unpaired) electrons. The van der Waals surface area contributed by atoms with Crippen LogP contribution >= 0.6 is 7.82 Å². The van der Waals surface area contributed by atoms with Crippen LogP contribution in [0.15, 0.2) is 36.5 Å². The number of tetrazole rings is 1. The Balaban J connectivity index is 1.47. The highest BCUT2D eigenvalue weighted by Gasteiger charge is 2.34. The molecule has 0 aliphatic carbocycles. The van der Waals surface area contributed by atoms with Gasteiger partial charge < -0.3 is 14.2 Å². The summed E-state index contributed by atoms with van der Waals surface area (Å²) in [4.78, 5) is 30.1. The normalized spacial score (nSPS) is 17.9. The first-order chi connectivity index (χ1) is 15.3. The number of quaternary nitrogens is 1. The van der Waals surface area contributed by atoms with Crippen LogP contribution in [0.3, 0.4) is 0 Å². The zero-order valence-electron chi connectivity index (χ0n) is 16.6. The first-order valence-corrected chi connectivity index (χ1v) is 10.6. The molecule has 0 bridgehead atoms. The molecule has 1 aliphatic rings. The largest absolute Gasteiger partial charge is 0.752 e. The van der Waals surface area contributed by atoms with Crippen LogP contribution in [-0.2, 0) is 25.5 Å². The summed E-state index contributed by atoms with van der Waals surface area (Å²) in [5.41, 5.74) is 1.51. The van der Waals surface area contributed by atoms with Crippen molar-refractivity contribution in [1.82, 2.24) is 25.2 Å². The average molecular weight is 465 g/mol. The van der Waals surface area contributed by atoms with E-state index < -0.39 is 32.4 Å². The van der Waals surface area contributed by atoms with Gasteiger partial charge in [-0.25, -0.2) is 15.1 Å². The van der Waals surface area contributed by atoms with E-state index in [0.717, 1.165) is 0 Å². The van der Waals surface area contributed by atoms with Crippen molar-refractivity contribution >= 4 is 19.6 Å². The predicted molar refractivity (Wildman–Crippen MR) is 103 cm³/mol. The zero-order valence-corrected chi connectivity index (χ0v) is 17.5. The molecule has 0 saturated carbocycles. The second-order valence-corrected chi connectivity index (χ2v) is 8.10. The number of ether oxygens (including phenoxy) is 1. The maximum atomic E-state index is 14.8. The number of anilines is 1. The molecular weight excluding hydrogens is 448 g/mol. The SMILES string of the molecule is Cn1nnc(-c2ccc(-c3ccc(N4CC(COP(=O)([O-])O[NH3+])OC4=O)cc3F)cn2)n1. The summed E-state index contributed by atoms with van der Waals surface area (Å²) in [6, 6.07) is 7.53. The van der Waals surface area contributed by atoms with Crippen LogP contribution in [0.1, 0.15) is 0 Å². The van der Waals surface area contributed by atoms with E-state index in [-0.39, 0.29) is 17.8 Å². The molecule has 3 N–H and O–H groups in total. The zero-order chi connectivity index (χ0) is 22.9. The van der Waals surface area contributed by atoms with Gasteiger partial charge in [0.15, 0.2) is 0 Å². The molecule has 32 heavy (non-hydrogen) atoms. The highest BCUT2D eigenvalue weighted by molar-refractivity contribution is 7.45. The fourth-order valence-electron chi connectivity index (χ4n) is 3.01. The number of rotatable bonds is 7. The lowest BCUT2D eigenvalue weighted by molar-refractivity contribution is -0.652. The van der Waals surface area contributed by atoms with E-state index in [1.165, 1.54) is 28.0 Å². The lowest BCUT2D eigenvalue weighted by atomic mass is 10.1. The molecule has 168 valence electrons. The Hall–Kier alpha value is -3.29. The van der Waals surface area contributed by atoms with Gasteiger partial charge in [0.2, 0.25) is 5.82 Å². The number of benzene rings is 1. The van der Waals surface area contributed by atoms with E-state index in [2.05, 4.69) is 35.4 Å². The van der Waals surface area contributed by atoms with Gasteiger partial charge in [0.1, 0.15) is 17.6 Å². The van der Waals surface area contributed by atoms with Crippen LogP contribution in [0.2, 0.25) is 0 Å². The van der Waals surface area contributed by atoms with Crippen LogP contribution in [0.25, 0.3) is 22.6 Å². The minimum absolute atomic E-state index is 0.0316. The maximum absolute atomic E-state index is 14.8. The molecule has 1 aliphatic heterocycles. The van der Waals surface area contributed by atoms with Gasteiger partial charge in [0, 0.05) is 17.3 Å². The Bertz CT molecular complexity index is 1190. The van der Waals surface area contributed by atoms with Crippen molar-refractivity contribution in [3.63, 3.8) is 0 Å². The van der Waals surface area contributed by atoms with Crippen molar-refractivity contribution in [2.24, 2.45) is 7.05 Å². The first kappa shape index (κ1) is 21.9. The second-order valence-electron chi connectivity index (χ2n) is 6.69. The molecule has 15 heteroatoms. The molecule has 1 fully saturated rings. The summed E-state index contributed by atoms with van der Waals surface area (Å²) in [6.07, 6.45) is -0.161. The Morgan fingerprint density at radius 1 is 1.38 bits per heavy atom. The third-order valence-electron chi connectivity index (χ3n) is 4.53. The molecular formula is C17H17FN7O6P. The first-order valence-electron chi connectivity index (χ1n) is 9.13. The van der Waals surface area contributed by atoms with E-state index in [4.69, 9.17) is 4.74 Å². The number of amides is 1. The van der Waals surface area contributed by atoms with Crippen LogP contribution in [0.4, 0.5) is 14.9 Å². The smallest absolute Gasteiger partial charge is 0.414 e. The number of phosphoric acid groups is 1. The summed E-state index contributed by atoms with van der Waals surface area (Å²) in [7, 11) is -2.93. The van der Waals surface area contributed by atoms with Gasteiger partial charge in [-0.2, -0.15) is 4.80 Å². The molecule has 2 atom stereocenters. The highest BCUT2D eigenvalue weighted by Crippen LogP contribution is 2.36. The van der Waals surface area contributed by atoms with Gasteiger partial charge in [0.25, 0.3) is 0 Å². The van der Waals surface area contributed by atoms with Crippen LogP contribution in [-0.4, -0.2) is 50.5 Å². The molecule has 0 spiro atoms. The number of carbonyl (C=O) groups is 1. The van der Waals surface area contributed by atoms with Crippen molar-refractivity contribution in [2.75, 3.05) is 18.1 Å². The number of aryl methyl sites for hydroxylation is 1. The fraction of sp³-hybridized carbons (Fsp3) is 0.235. The van der Waals surface area contributed by atoms with Crippen molar-refractivity contribution in [3.05, 3.63) is 42.3 Å². The number of pyridine rings is 1. The summed E-state index contributed by atoms with van der Waals surface area (Å²) < 4.78 is 39.6. The Labute approximate surface area is 180 Å². The third-order valence-corrected chi connectivity index (χ3v) is 5.31. The number of phosphoric ester groups is 1. The van der Waals surface area contributed by atoms with E-state index in [9.17, 15) is 18.6 Å². The minimum Gasteiger partial charge on any atom is -0.752 e. The van der Waals surface area contributed by atoms with Crippen LogP contribution in [0.5, 0.6) is 0 Å². The maximum Gasteiger partial charge on any atom is 0.414 e. The van der Waals surface area contributed by atoms with Gasteiger partial charge in [-0.3, -0.25) is 14.4 Å². The number of hydrogen-bond donors (Lipinski definition) is 1. The highest BCUT2D eigenvalue weighted by atomic mass is 31.2. The van der Waals surface area contributed by atoms with Crippen molar-refractivity contribution in [2.45, 2.75) is 6.10 Å².